The van der Waals surface area contributed by atoms with Crippen LogP contribution in [0.1, 0.15) is 18.1 Å². The molecule has 0 aliphatic carbocycles. The normalized spacial score (nSPS) is 11.0. The van der Waals surface area contributed by atoms with Gasteiger partial charge < -0.3 is 15.6 Å². The molecule has 16 heavy (non-hydrogen) atoms. The first kappa shape index (κ1) is 12.9. The summed E-state index contributed by atoms with van der Waals surface area (Å²) in [6, 6.07) is 1.75. The van der Waals surface area contributed by atoms with Gasteiger partial charge in [0.2, 0.25) is 0 Å². The smallest absolute Gasteiger partial charge is 0.166 e. The van der Waals surface area contributed by atoms with Gasteiger partial charge in [-0.2, -0.15) is 0 Å². The minimum atomic E-state index is 0.0504. The molecule has 0 saturated carbocycles. The van der Waals surface area contributed by atoms with Crippen molar-refractivity contribution in [1.29, 1.82) is 0 Å². The number of rotatable bonds is 4. The summed E-state index contributed by atoms with van der Waals surface area (Å²) in [5.41, 5.74) is 6.87. The number of benzene rings is 1. The first-order valence-electron chi connectivity index (χ1n) is 5.10. The Hall–Kier alpha value is -1.19. The zero-order valence-corrected chi connectivity index (χ0v) is 10.2. The molecule has 3 nitrogen and oxygen atoms in total. The number of nitrogens with two attached hydrogens (primary N) is 1. The molecule has 0 fully saturated rings. The molecule has 0 atom stereocenters. The molecule has 1 aromatic carbocycles. The average molecular weight is 242 g/mol. The van der Waals surface area contributed by atoms with Crippen LogP contribution in [0.15, 0.2) is 12.1 Å². The second kappa shape index (κ2) is 5.77. The number of ether oxygens (including phenoxy) is 1. The lowest BCUT2D eigenvalue weighted by Gasteiger charge is -2.12. The van der Waals surface area contributed by atoms with E-state index in [1.54, 1.807) is 18.2 Å². The van der Waals surface area contributed by atoms with Gasteiger partial charge in [-0.25, -0.2) is 0 Å². The molecule has 1 aromatic rings. The average Bonchev–Trinajstić information content (AvgIpc) is 2.29. The summed E-state index contributed by atoms with van der Waals surface area (Å²) < 4.78 is 5.09. The highest BCUT2D eigenvalue weighted by Gasteiger charge is 2.13. The van der Waals surface area contributed by atoms with Gasteiger partial charge in [-0.15, -0.1) is 0 Å². The Balaban J connectivity index is 3.37. The van der Waals surface area contributed by atoms with Gasteiger partial charge >= 0.3 is 0 Å². The van der Waals surface area contributed by atoms with Crippen LogP contribution in [0.25, 0.3) is 6.08 Å². The third-order valence-electron chi connectivity index (χ3n) is 2.33. The zero-order chi connectivity index (χ0) is 12.1. The monoisotopic (exact) mass is 241 g/mol. The molecule has 0 aliphatic rings. The van der Waals surface area contributed by atoms with Crippen molar-refractivity contribution in [3.63, 3.8) is 0 Å². The van der Waals surface area contributed by atoms with Crippen LogP contribution in [0.4, 0.5) is 0 Å². The fourth-order valence-corrected chi connectivity index (χ4v) is 1.79. The Kier molecular flexibility index (Phi) is 4.65. The number of phenolic OH excluding ortho intramolecular Hbond substituents is 1. The van der Waals surface area contributed by atoms with Crippen molar-refractivity contribution in [3.8, 4) is 11.5 Å². The zero-order valence-electron chi connectivity index (χ0n) is 9.46. The molecule has 0 bridgehead atoms. The van der Waals surface area contributed by atoms with Gasteiger partial charge in [-0.05, 0) is 18.1 Å². The van der Waals surface area contributed by atoms with Gasteiger partial charge in [-0.1, -0.05) is 30.7 Å². The van der Waals surface area contributed by atoms with E-state index in [0.29, 0.717) is 22.9 Å². The van der Waals surface area contributed by atoms with Crippen molar-refractivity contribution in [2.24, 2.45) is 5.73 Å². The summed E-state index contributed by atoms with van der Waals surface area (Å²) in [6.45, 7) is 2.39. The second-order valence-electron chi connectivity index (χ2n) is 3.31. The second-order valence-corrected chi connectivity index (χ2v) is 3.68. The number of methoxy groups -OCH3 is 1. The first-order valence-corrected chi connectivity index (χ1v) is 5.48. The maximum Gasteiger partial charge on any atom is 0.166 e. The van der Waals surface area contributed by atoms with Crippen LogP contribution in [0, 0.1) is 0 Å². The third kappa shape index (κ3) is 2.49. The molecule has 0 spiro atoms. The SMILES string of the molecule is CCc1cc(OC)c(O)c(/C=C/CN)c1Cl. The maximum atomic E-state index is 9.91. The quantitative estimate of drug-likeness (QED) is 0.852. The van der Waals surface area contributed by atoms with Crippen molar-refractivity contribution >= 4 is 17.7 Å². The molecule has 4 heteroatoms. The van der Waals surface area contributed by atoms with Crippen LogP contribution in [-0.4, -0.2) is 18.8 Å². The van der Waals surface area contributed by atoms with E-state index in [4.69, 9.17) is 22.1 Å². The maximum absolute atomic E-state index is 9.91. The molecular formula is C12H16ClNO2. The van der Waals surface area contributed by atoms with Crippen LogP contribution in [-0.2, 0) is 6.42 Å². The van der Waals surface area contributed by atoms with E-state index in [1.807, 2.05) is 6.92 Å². The van der Waals surface area contributed by atoms with E-state index >= 15 is 0 Å². The topological polar surface area (TPSA) is 55.5 Å². The number of aryl methyl sites for hydroxylation is 1. The molecule has 0 aliphatic heterocycles. The van der Waals surface area contributed by atoms with Gasteiger partial charge in [0.15, 0.2) is 11.5 Å². The molecule has 0 heterocycles. The minimum Gasteiger partial charge on any atom is -0.504 e. The lowest BCUT2D eigenvalue weighted by Crippen LogP contribution is -1.95. The predicted octanol–water partition coefficient (Wildman–Crippen LogP) is 2.59. The first-order chi connectivity index (χ1) is 7.65. The molecule has 3 N–H and O–H groups in total. The van der Waals surface area contributed by atoms with Gasteiger partial charge in [-0.3, -0.25) is 0 Å². The van der Waals surface area contributed by atoms with Crippen LogP contribution in [0.3, 0.4) is 0 Å². The Morgan fingerprint density at radius 1 is 1.56 bits per heavy atom. The van der Waals surface area contributed by atoms with Crippen molar-refractivity contribution in [3.05, 3.63) is 28.3 Å². The van der Waals surface area contributed by atoms with Gasteiger partial charge in [0.1, 0.15) is 0 Å². The lowest BCUT2D eigenvalue weighted by atomic mass is 10.1. The molecule has 0 radical (unpaired) electrons. The lowest BCUT2D eigenvalue weighted by molar-refractivity contribution is 0.372. The van der Waals surface area contributed by atoms with E-state index in [9.17, 15) is 5.11 Å². The highest BCUT2D eigenvalue weighted by atomic mass is 35.5. The third-order valence-corrected chi connectivity index (χ3v) is 2.78. The number of aromatic hydroxyl groups is 1. The Bertz CT molecular complexity index is 374. The van der Waals surface area contributed by atoms with Crippen molar-refractivity contribution in [1.82, 2.24) is 0 Å². The minimum absolute atomic E-state index is 0.0504. The Morgan fingerprint density at radius 2 is 2.25 bits per heavy atom. The van der Waals surface area contributed by atoms with Crippen LogP contribution >= 0.6 is 11.6 Å². The number of hydrogen-bond acceptors (Lipinski definition) is 3. The summed E-state index contributed by atoms with van der Waals surface area (Å²) in [4.78, 5) is 0. The van der Waals surface area contributed by atoms with Gasteiger partial charge in [0.05, 0.1) is 12.1 Å². The van der Waals surface area contributed by atoms with E-state index in [2.05, 4.69) is 0 Å². The fraction of sp³-hybridized carbons (Fsp3) is 0.333. The number of phenols is 1. The van der Waals surface area contributed by atoms with Crippen molar-refractivity contribution in [2.75, 3.05) is 13.7 Å². The number of halogens is 1. The highest BCUT2D eigenvalue weighted by Crippen LogP contribution is 2.38. The molecule has 0 saturated heterocycles. The molecule has 1 rings (SSSR count). The van der Waals surface area contributed by atoms with E-state index in [0.717, 1.165) is 12.0 Å². The van der Waals surface area contributed by atoms with E-state index in [-0.39, 0.29) is 5.75 Å². The molecule has 0 aromatic heterocycles. The summed E-state index contributed by atoms with van der Waals surface area (Å²) >= 11 is 6.17. The predicted molar refractivity (Wildman–Crippen MR) is 67.1 cm³/mol. The molecule has 0 amide bonds. The number of hydrogen-bond donors (Lipinski definition) is 2. The van der Waals surface area contributed by atoms with E-state index < -0.39 is 0 Å². The van der Waals surface area contributed by atoms with Crippen LogP contribution in [0.5, 0.6) is 11.5 Å². The molecule has 0 unspecified atom stereocenters. The Morgan fingerprint density at radius 3 is 2.75 bits per heavy atom. The van der Waals surface area contributed by atoms with Gasteiger partial charge in [0, 0.05) is 12.1 Å². The fourth-order valence-electron chi connectivity index (χ4n) is 1.45. The van der Waals surface area contributed by atoms with Crippen molar-refractivity contribution < 1.29 is 9.84 Å². The van der Waals surface area contributed by atoms with E-state index in [1.165, 1.54) is 7.11 Å². The molecule has 88 valence electrons. The summed E-state index contributed by atoms with van der Waals surface area (Å²) in [6.07, 6.45) is 4.22. The summed E-state index contributed by atoms with van der Waals surface area (Å²) in [5.74, 6) is 0.479. The summed E-state index contributed by atoms with van der Waals surface area (Å²) in [5, 5.41) is 10.5. The molecular weight excluding hydrogens is 226 g/mol. The highest BCUT2D eigenvalue weighted by molar-refractivity contribution is 6.33. The van der Waals surface area contributed by atoms with Crippen molar-refractivity contribution in [2.45, 2.75) is 13.3 Å². The largest absolute Gasteiger partial charge is 0.504 e. The van der Waals surface area contributed by atoms with Gasteiger partial charge in [0.25, 0.3) is 0 Å². The Labute approximate surface area is 100 Å². The summed E-state index contributed by atoms with van der Waals surface area (Å²) in [7, 11) is 1.51. The van der Waals surface area contributed by atoms with Crippen LogP contribution in [0.2, 0.25) is 5.02 Å². The standard InChI is InChI=1S/C12H16ClNO2/c1-3-8-7-10(16-2)12(15)9(11(8)13)5-4-6-14/h4-5,7,15H,3,6,14H2,1-2H3/b5-4+. The van der Waals surface area contributed by atoms with Crippen LogP contribution < -0.4 is 10.5 Å².